The van der Waals surface area contributed by atoms with E-state index in [1.807, 2.05) is 36.4 Å². The van der Waals surface area contributed by atoms with Crippen LogP contribution >= 0.6 is 11.8 Å². The van der Waals surface area contributed by atoms with Crippen LogP contribution in [0.4, 0.5) is 0 Å². The lowest BCUT2D eigenvalue weighted by Crippen LogP contribution is -2.42. The lowest BCUT2D eigenvalue weighted by molar-refractivity contribution is 0.0931. The Kier molecular flexibility index (Phi) is 3.68. The van der Waals surface area contributed by atoms with Crippen molar-refractivity contribution in [1.82, 2.24) is 10.6 Å². The van der Waals surface area contributed by atoms with Gasteiger partial charge in [-0.25, -0.2) is 0 Å². The number of carbonyl (C=O) groups is 1. The molecule has 2 bridgehead atoms. The second-order valence-corrected chi connectivity index (χ2v) is 7.00. The molecule has 3 heterocycles. The van der Waals surface area contributed by atoms with Crippen LogP contribution in [0.1, 0.15) is 29.6 Å². The molecule has 4 rings (SSSR count). The van der Waals surface area contributed by atoms with Gasteiger partial charge in [0.1, 0.15) is 0 Å². The highest BCUT2D eigenvalue weighted by molar-refractivity contribution is 7.99. The molecule has 2 aromatic rings. The quantitative estimate of drug-likeness (QED) is 0.911. The van der Waals surface area contributed by atoms with Crippen LogP contribution < -0.4 is 10.6 Å². The Morgan fingerprint density at radius 1 is 1.23 bits per heavy atom. The van der Waals surface area contributed by atoms with Crippen LogP contribution in [-0.2, 0) is 0 Å². The number of hydrogen-bond acceptors (Lipinski definition) is 4. The van der Waals surface area contributed by atoms with Crippen molar-refractivity contribution in [2.75, 3.05) is 0 Å². The summed E-state index contributed by atoms with van der Waals surface area (Å²) in [4.78, 5) is 13.4. The first kappa shape index (κ1) is 13.9. The predicted molar refractivity (Wildman–Crippen MR) is 85.1 cm³/mol. The van der Waals surface area contributed by atoms with Gasteiger partial charge in [0.05, 0.1) is 6.26 Å². The van der Waals surface area contributed by atoms with Crippen molar-refractivity contribution in [3.63, 3.8) is 0 Å². The Labute approximate surface area is 133 Å². The molecule has 0 spiro atoms. The maximum Gasteiger partial charge on any atom is 0.251 e. The van der Waals surface area contributed by atoms with Gasteiger partial charge in [-0.1, -0.05) is 11.8 Å². The zero-order valence-corrected chi connectivity index (χ0v) is 12.9. The van der Waals surface area contributed by atoms with Gasteiger partial charge in [0.25, 0.3) is 5.91 Å². The molecule has 5 heteroatoms. The summed E-state index contributed by atoms with van der Waals surface area (Å²) in [6.07, 6.45) is 5.14. The summed E-state index contributed by atoms with van der Waals surface area (Å²) in [6, 6.07) is 12.8. The third-order valence-corrected chi connectivity index (χ3v) is 5.39. The molecule has 114 valence electrons. The van der Waals surface area contributed by atoms with Gasteiger partial charge in [-0.3, -0.25) is 4.79 Å². The van der Waals surface area contributed by atoms with E-state index in [2.05, 4.69) is 10.6 Å². The summed E-state index contributed by atoms with van der Waals surface area (Å²) < 4.78 is 5.31. The molecule has 1 aromatic heterocycles. The fourth-order valence-corrected chi connectivity index (χ4v) is 4.10. The maximum absolute atomic E-state index is 12.3. The second-order valence-electron chi connectivity index (χ2n) is 5.92. The Morgan fingerprint density at radius 3 is 2.73 bits per heavy atom. The summed E-state index contributed by atoms with van der Waals surface area (Å²) >= 11 is 1.55. The first-order chi connectivity index (χ1) is 10.8. The van der Waals surface area contributed by atoms with Crippen LogP contribution in [0.5, 0.6) is 0 Å². The number of hydrogen-bond donors (Lipinski definition) is 2. The van der Waals surface area contributed by atoms with Gasteiger partial charge in [-0.05, 0) is 55.7 Å². The Morgan fingerprint density at radius 2 is 2.09 bits per heavy atom. The van der Waals surface area contributed by atoms with Gasteiger partial charge in [0, 0.05) is 28.6 Å². The minimum atomic E-state index is 0.0221. The predicted octanol–water partition coefficient (Wildman–Crippen LogP) is 3.05. The van der Waals surface area contributed by atoms with E-state index in [0.717, 1.165) is 16.4 Å². The van der Waals surface area contributed by atoms with Crippen LogP contribution in [-0.4, -0.2) is 24.0 Å². The summed E-state index contributed by atoms with van der Waals surface area (Å²) in [5.74, 6) is 0.0221. The van der Waals surface area contributed by atoms with Crippen LogP contribution in [0.25, 0.3) is 0 Å². The smallest absolute Gasteiger partial charge is 0.251 e. The summed E-state index contributed by atoms with van der Waals surface area (Å²) in [5, 5.41) is 7.56. The van der Waals surface area contributed by atoms with E-state index in [0.29, 0.717) is 17.6 Å². The minimum Gasteiger partial charge on any atom is -0.458 e. The maximum atomic E-state index is 12.3. The fraction of sp³-hybridized carbons (Fsp3) is 0.353. The molecule has 0 unspecified atom stereocenters. The molecule has 0 radical (unpaired) electrons. The van der Waals surface area contributed by atoms with Gasteiger partial charge in [-0.15, -0.1) is 0 Å². The molecular weight excluding hydrogens is 296 g/mol. The first-order valence-corrected chi connectivity index (χ1v) is 8.48. The third kappa shape index (κ3) is 2.78. The highest BCUT2D eigenvalue weighted by atomic mass is 32.2. The molecule has 2 saturated heterocycles. The Balaban J connectivity index is 1.38. The molecule has 22 heavy (non-hydrogen) atoms. The van der Waals surface area contributed by atoms with Crippen molar-refractivity contribution in [3.05, 3.63) is 48.2 Å². The lowest BCUT2D eigenvalue weighted by atomic mass is 9.95. The molecule has 2 fully saturated rings. The number of amides is 1. The van der Waals surface area contributed by atoms with Crippen molar-refractivity contribution in [1.29, 1.82) is 0 Å². The number of benzene rings is 1. The largest absolute Gasteiger partial charge is 0.458 e. The van der Waals surface area contributed by atoms with Crippen molar-refractivity contribution < 1.29 is 9.21 Å². The number of nitrogens with one attached hydrogen (secondary N) is 2. The van der Waals surface area contributed by atoms with E-state index in [4.69, 9.17) is 4.42 Å². The average Bonchev–Trinajstić information content (AvgIpc) is 3.25. The van der Waals surface area contributed by atoms with E-state index >= 15 is 0 Å². The molecule has 3 atom stereocenters. The molecule has 1 amide bonds. The van der Waals surface area contributed by atoms with Crippen LogP contribution in [0, 0.1) is 0 Å². The van der Waals surface area contributed by atoms with E-state index in [-0.39, 0.29) is 11.9 Å². The molecule has 2 aliphatic heterocycles. The van der Waals surface area contributed by atoms with Gasteiger partial charge >= 0.3 is 0 Å². The second kappa shape index (κ2) is 5.82. The molecule has 0 aliphatic carbocycles. The number of fused-ring (bicyclic) bond motifs is 2. The summed E-state index contributed by atoms with van der Waals surface area (Å²) in [6.45, 7) is 0. The first-order valence-electron chi connectivity index (χ1n) is 7.66. The van der Waals surface area contributed by atoms with Crippen molar-refractivity contribution in [2.45, 2.75) is 47.4 Å². The van der Waals surface area contributed by atoms with Crippen molar-refractivity contribution in [3.8, 4) is 0 Å². The van der Waals surface area contributed by atoms with Crippen molar-refractivity contribution in [2.24, 2.45) is 0 Å². The van der Waals surface area contributed by atoms with Gasteiger partial charge < -0.3 is 15.1 Å². The van der Waals surface area contributed by atoms with Gasteiger partial charge in [-0.2, -0.15) is 0 Å². The highest BCUT2D eigenvalue weighted by Gasteiger charge is 2.39. The van der Waals surface area contributed by atoms with Crippen LogP contribution in [0.15, 0.2) is 57.1 Å². The number of furan rings is 1. The van der Waals surface area contributed by atoms with E-state index < -0.39 is 0 Å². The highest BCUT2D eigenvalue weighted by Crippen LogP contribution is 2.29. The summed E-state index contributed by atoms with van der Waals surface area (Å²) in [5.41, 5.74) is 0.714. The fourth-order valence-electron chi connectivity index (χ4n) is 3.35. The molecular formula is C17H18N2O2S. The molecule has 4 nitrogen and oxygen atoms in total. The Hall–Kier alpha value is -1.72. The molecule has 0 saturated carbocycles. The minimum absolute atomic E-state index is 0.0221. The van der Waals surface area contributed by atoms with Gasteiger partial charge in [0.2, 0.25) is 0 Å². The average molecular weight is 314 g/mol. The van der Waals surface area contributed by atoms with Crippen molar-refractivity contribution >= 4 is 17.7 Å². The Bertz CT molecular complexity index is 654. The van der Waals surface area contributed by atoms with E-state index in [1.165, 1.54) is 12.8 Å². The lowest BCUT2D eigenvalue weighted by Gasteiger charge is -2.21. The van der Waals surface area contributed by atoms with E-state index in [1.54, 1.807) is 18.0 Å². The topological polar surface area (TPSA) is 54.3 Å². The van der Waals surface area contributed by atoms with E-state index in [9.17, 15) is 4.79 Å². The molecule has 2 aliphatic rings. The zero-order chi connectivity index (χ0) is 14.9. The summed E-state index contributed by atoms with van der Waals surface area (Å²) in [7, 11) is 0. The van der Waals surface area contributed by atoms with Crippen LogP contribution in [0.2, 0.25) is 0 Å². The molecule has 1 aromatic carbocycles. The molecule has 2 N–H and O–H groups in total. The van der Waals surface area contributed by atoms with Crippen LogP contribution in [0.3, 0.4) is 0 Å². The SMILES string of the molecule is O=C(N[C@@H]1C[C@H]2CC[C@@H]1N2)c1ccc(Sc2ccco2)cc1. The number of rotatable bonds is 4. The zero-order valence-electron chi connectivity index (χ0n) is 12.1. The standard InChI is InChI=1S/C17H18N2O2S/c20-17(19-15-10-12-5-8-14(15)18-12)11-3-6-13(7-4-11)22-16-2-1-9-21-16/h1-4,6-7,9,12,14-15,18H,5,8,10H2,(H,19,20)/t12-,14+,15-/m1/s1. The number of carbonyl (C=O) groups excluding carboxylic acids is 1. The monoisotopic (exact) mass is 314 g/mol. The van der Waals surface area contributed by atoms with Gasteiger partial charge in [0.15, 0.2) is 5.09 Å². The normalized spacial score (nSPS) is 26.3. The third-order valence-electron chi connectivity index (χ3n) is 4.45.